The highest BCUT2D eigenvalue weighted by molar-refractivity contribution is 5.83. The molecule has 0 bridgehead atoms. The van der Waals surface area contributed by atoms with Crippen molar-refractivity contribution < 1.29 is 14.6 Å². The van der Waals surface area contributed by atoms with Crippen LogP contribution in [0.3, 0.4) is 0 Å². The molecule has 4 aromatic rings. The summed E-state index contributed by atoms with van der Waals surface area (Å²) in [6.07, 6.45) is 0. The average Bonchev–Trinajstić information content (AvgIpc) is 2.77. The Morgan fingerprint density at radius 2 is 1.64 bits per heavy atom. The van der Waals surface area contributed by atoms with Crippen LogP contribution in [0.4, 0.5) is 0 Å². The number of benzene rings is 3. The number of pyridine rings is 1. The van der Waals surface area contributed by atoms with Crippen LogP contribution < -0.4 is 9.47 Å². The fourth-order valence-corrected chi connectivity index (χ4v) is 3.20. The quantitative estimate of drug-likeness (QED) is 0.519. The predicted octanol–water partition coefficient (Wildman–Crippen LogP) is 4.98. The Bertz CT molecular complexity index is 1090. The molecule has 28 heavy (non-hydrogen) atoms. The summed E-state index contributed by atoms with van der Waals surface area (Å²) < 4.78 is 11.5. The molecule has 0 aliphatic rings. The largest absolute Gasteiger partial charge is 0.493 e. The molecule has 0 saturated heterocycles. The van der Waals surface area contributed by atoms with Crippen LogP contribution in [-0.4, -0.2) is 17.2 Å². The normalized spacial score (nSPS) is 10.8. The van der Waals surface area contributed by atoms with Crippen molar-refractivity contribution in [1.82, 2.24) is 4.98 Å². The lowest BCUT2D eigenvalue weighted by molar-refractivity contribution is 0.282. The summed E-state index contributed by atoms with van der Waals surface area (Å²) in [5, 5.41) is 10.8. The molecular formula is C24H21NO3. The van der Waals surface area contributed by atoms with Gasteiger partial charge in [-0.2, -0.15) is 0 Å². The summed E-state index contributed by atoms with van der Waals surface area (Å²) in [4.78, 5) is 4.76. The molecule has 0 aliphatic carbocycles. The highest BCUT2D eigenvalue weighted by atomic mass is 16.5. The molecular weight excluding hydrogens is 350 g/mol. The van der Waals surface area contributed by atoms with E-state index in [2.05, 4.69) is 0 Å². The molecule has 0 fully saturated rings. The minimum absolute atomic E-state index is 0.0816. The van der Waals surface area contributed by atoms with Crippen LogP contribution >= 0.6 is 0 Å². The topological polar surface area (TPSA) is 51.6 Å². The van der Waals surface area contributed by atoms with Crippen molar-refractivity contribution >= 4 is 10.9 Å². The first-order chi connectivity index (χ1) is 13.8. The van der Waals surface area contributed by atoms with Gasteiger partial charge in [-0.25, -0.2) is 4.98 Å². The Kier molecular flexibility index (Phi) is 5.22. The molecule has 0 atom stereocenters. The van der Waals surface area contributed by atoms with Gasteiger partial charge in [0.1, 0.15) is 6.61 Å². The van der Waals surface area contributed by atoms with Crippen molar-refractivity contribution in [2.45, 2.75) is 13.2 Å². The van der Waals surface area contributed by atoms with Crippen molar-refractivity contribution in [2.24, 2.45) is 0 Å². The number of ether oxygens (including phenoxy) is 2. The zero-order chi connectivity index (χ0) is 19.3. The number of nitrogens with zero attached hydrogens (tertiary/aromatic N) is 1. The van der Waals surface area contributed by atoms with Gasteiger partial charge in [-0.15, -0.1) is 0 Å². The van der Waals surface area contributed by atoms with Crippen LogP contribution in [0.1, 0.15) is 11.1 Å². The van der Waals surface area contributed by atoms with E-state index < -0.39 is 0 Å². The van der Waals surface area contributed by atoms with E-state index in [1.807, 2.05) is 78.9 Å². The predicted molar refractivity (Wildman–Crippen MR) is 110 cm³/mol. The number of fused-ring (bicyclic) bond motifs is 1. The Morgan fingerprint density at radius 1 is 0.857 bits per heavy atom. The molecule has 1 aromatic heterocycles. The number of hydrogen-bond acceptors (Lipinski definition) is 4. The summed E-state index contributed by atoms with van der Waals surface area (Å²) in [5.74, 6) is 1.30. The van der Waals surface area contributed by atoms with Gasteiger partial charge in [0.05, 0.1) is 24.9 Å². The molecule has 0 spiro atoms. The molecule has 0 unspecified atom stereocenters. The Balaban J connectivity index is 1.68. The van der Waals surface area contributed by atoms with Gasteiger partial charge in [0, 0.05) is 16.5 Å². The van der Waals surface area contributed by atoms with Crippen LogP contribution in [0.5, 0.6) is 11.5 Å². The SMILES string of the molecule is COc1cc(-c2nc3ccccc3cc2CO)ccc1OCc1ccccc1. The van der Waals surface area contributed by atoms with Crippen molar-refractivity contribution in [3.05, 3.63) is 90.0 Å². The van der Waals surface area contributed by atoms with Crippen LogP contribution in [0.15, 0.2) is 78.9 Å². The van der Waals surface area contributed by atoms with Crippen molar-refractivity contribution in [3.8, 4) is 22.8 Å². The smallest absolute Gasteiger partial charge is 0.161 e. The molecule has 1 N–H and O–H groups in total. The zero-order valence-electron chi connectivity index (χ0n) is 15.6. The van der Waals surface area contributed by atoms with E-state index in [9.17, 15) is 5.11 Å². The highest BCUT2D eigenvalue weighted by Gasteiger charge is 2.13. The fraction of sp³-hybridized carbons (Fsp3) is 0.125. The number of methoxy groups -OCH3 is 1. The number of hydrogen-bond donors (Lipinski definition) is 1. The third-order valence-electron chi connectivity index (χ3n) is 4.65. The number of para-hydroxylation sites is 1. The summed E-state index contributed by atoms with van der Waals surface area (Å²) >= 11 is 0. The lowest BCUT2D eigenvalue weighted by atomic mass is 10.0. The second-order valence-electron chi connectivity index (χ2n) is 6.49. The number of aromatic nitrogens is 1. The van der Waals surface area contributed by atoms with E-state index in [0.29, 0.717) is 18.1 Å². The van der Waals surface area contributed by atoms with E-state index in [1.165, 1.54) is 0 Å². The molecule has 140 valence electrons. The second-order valence-corrected chi connectivity index (χ2v) is 6.49. The molecule has 3 aromatic carbocycles. The molecule has 0 saturated carbocycles. The molecule has 0 aliphatic heterocycles. The summed E-state index contributed by atoms with van der Waals surface area (Å²) in [6, 6.07) is 25.6. The van der Waals surface area contributed by atoms with Gasteiger partial charge in [0.25, 0.3) is 0 Å². The lowest BCUT2D eigenvalue weighted by Crippen LogP contribution is -1.99. The summed E-state index contributed by atoms with van der Waals surface area (Å²) in [6.45, 7) is 0.383. The molecule has 0 radical (unpaired) electrons. The van der Waals surface area contributed by atoms with E-state index in [0.717, 1.165) is 33.3 Å². The Morgan fingerprint density at radius 3 is 2.43 bits per heavy atom. The number of aliphatic hydroxyl groups is 1. The van der Waals surface area contributed by atoms with Gasteiger partial charge < -0.3 is 14.6 Å². The first kappa shape index (κ1) is 18.0. The first-order valence-electron chi connectivity index (χ1n) is 9.13. The van der Waals surface area contributed by atoms with E-state index in [-0.39, 0.29) is 6.61 Å². The average molecular weight is 371 g/mol. The maximum Gasteiger partial charge on any atom is 0.161 e. The minimum atomic E-state index is -0.0816. The summed E-state index contributed by atoms with van der Waals surface area (Å²) in [7, 11) is 1.62. The van der Waals surface area contributed by atoms with Gasteiger partial charge >= 0.3 is 0 Å². The van der Waals surface area contributed by atoms with Crippen molar-refractivity contribution in [2.75, 3.05) is 7.11 Å². The van der Waals surface area contributed by atoms with Gasteiger partial charge in [0.2, 0.25) is 0 Å². The van der Waals surface area contributed by atoms with E-state index >= 15 is 0 Å². The van der Waals surface area contributed by atoms with Crippen molar-refractivity contribution in [1.29, 1.82) is 0 Å². The maximum absolute atomic E-state index is 9.83. The van der Waals surface area contributed by atoms with Crippen LogP contribution in [0.2, 0.25) is 0 Å². The van der Waals surface area contributed by atoms with Gasteiger partial charge in [-0.1, -0.05) is 48.5 Å². The highest BCUT2D eigenvalue weighted by Crippen LogP contribution is 2.34. The molecule has 0 amide bonds. The van der Waals surface area contributed by atoms with Crippen molar-refractivity contribution in [3.63, 3.8) is 0 Å². The maximum atomic E-state index is 9.83. The van der Waals surface area contributed by atoms with Gasteiger partial charge in [-0.3, -0.25) is 0 Å². The fourth-order valence-electron chi connectivity index (χ4n) is 3.20. The van der Waals surface area contributed by atoms with Gasteiger partial charge in [-0.05, 0) is 35.9 Å². The molecule has 1 heterocycles. The number of aliphatic hydroxyl groups excluding tert-OH is 1. The lowest BCUT2D eigenvalue weighted by Gasteiger charge is -2.14. The minimum Gasteiger partial charge on any atom is -0.493 e. The molecule has 4 rings (SSSR count). The summed E-state index contributed by atoms with van der Waals surface area (Å²) in [5.41, 5.74) is 4.37. The first-order valence-corrected chi connectivity index (χ1v) is 9.13. The zero-order valence-corrected chi connectivity index (χ0v) is 15.6. The molecule has 4 nitrogen and oxygen atoms in total. The molecule has 4 heteroatoms. The van der Waals surface area contributed by atoms with E-state index in [4.69, 9.17) is 14.5 Å². The third-order valence-corrected chi connectivity index (χ3v) is 4.65. The Hall–Kier alpha value is -3.37. The van der Waals surface area contributed by atoms with Crippen LogP contribution in [0, 0.1) is 0 Å². The third kappa shape index (κ3) is 3.68. The van der Waals surface area contributed by atoms with Gasteiger partial charge in [0.15, 0.2) is 11.5 Å². The van der Waals surface area contributed by atoms with E-state index in [1.54, 1.807) is 7.11 Å². The number of rotatable bonds is 6. The second kappa shape index (κ2) is 8.11. The monoisotopic (exact) mass is 371 g/mol. The standard InChI is InChI=1S/C24H21NO3/c1-27-23-14-19(11-12-22(23)28-16-17-7-3-2-4-8-17)24-20(15-26)13-18-9-5-6-10-21(18)25-24/h2-14,26H,15-16H2,1H3. The van der Waals surface area contributed by atoms with Crippen LogP contribution in [0.25, 0.3) is 22.2 Å². The van der Waals surface area contributed by atoms with Crippen LogP contribution in [-0.2, 0) is 13.2 Å². The Labute approximate surface area is 164 Å².